The maximum Gasteiger partial charge on any atom is 0.276 e. The second-order valence-corrected chi connectivity index (χ2v) is 6.53. The zero-order valence-corrected chi connectivity index (χ0v) is 13.6. The highest BCUT2D eigenvalue weighted by Crippen LogP contribution is 2.26. The molecule has 0 atom stereocenters. The lowest BCUT2D eigenvalue weighted by molar-refractivity contribution is -0.385. The molecule has 1 aromatic heterocycles. The van der Waals surface area contributed by atoms with Gasteiger partial charge < -0.3 is 4.52 Å². The van der Waals surface area contributed by atoms with Crippen LogP contribution in [-0.4, -0.2) is 18.5 Å². The van der Waals surface area contributed by atoms with Gasteiger partial charge in [-0.25, -0.2) is 8.42 Å². The smallest absolute Gasteiger partial charge is 0.276 e. The zero-order chi connectivity index (χ0) is 16.3. The number of aromatic nitrogens is 1. The van der Waals surface area contributed by atoms with Crippen LogP contribution in [0.15, 0.2) is 38.7 Å². The van der Waals surface area contributed by atoms with Crippen molar-refractivity contribution in [2.45, 2.75) is 6.92 Å². The van der Waals surface area contributed by atoms with Crippen LogP contribution >= 0.6 is 15.9 Å². The second kappa shape index (κ2) is 6.28. The molecule has 0 bridgehead atoms. The van der Waals surface area contributed by atoms with Crippen LogP contribution in [0.2, 0.25) is 0 Å². The summed E-state index contributed by atoms with van der Waals surface area (Å²) in [7, 11) is -3.89. The van der Waals surface area contributed by atoms with Gasteiger partial charge in [0.2, 0.25) is 0 Å². The average molecular weight is 388 g/mol. The predicted octanol–water partition coefficient (Wildman–Crippen LogP) is 3.07. The van der Waals surface area contributed by atoms with Gasteiger partial charge in [-0.1, -0.05) is 17.3 Å². The molecule has 0 spiro atoms. The molecule has 0 radical (unpaired) electrons. The molecular formula is C12H10BrN3O5S. The molecule has 2 rings (SSSR count). The van der Waals surface area contributed by atoms with Crippen LogP contribution < -0.4 is 4.72 Å². The molecule has 8 nitrogen and oxygen atoms in total. The Bertz CT molecular complexity index is 844. The van der Waals surface area contributed by atoms with Crippen molar-refractivity contribution in [2.75, 3.05) is 4.72 Å². The Morgan fingerprint density at radius 3 is 2.68 bits per heavy atom. The molecule has 1 heterocycles. The van der Waals surface area contributed by atoms with Crippen LogP contribution in [0, 0.1) is 17.0 Å². The predicted molar refractivity (Wildman–Crippen MR) is 83.6 cm³/mol. The minimum absolute atomic E-state index is 0.00436. The number of nitrogens with zero attached hydrogens (tertiary/aromatic N) is 2. The maximum atomic E-state index is 11.9. The second-order valence-electron chi connectivity index (χ2n) is 4.17. The van der Waals surface area contributed by atoms with Crippen LogP contribution in [0.5, 0.6) is 0 Å². The number of para-hydroxylation sites is 1. The summed E-state index contributed by atoms with van der Waals surface area (Å²) in [4.78, 5) is 10.3. The van der Waals surface area contributed by atoms with Crippen molar-refractivity contribution in [3.8, 4) is 0 Å². The van der Waals surface area contributed by atoms with Crippen molar-refractivity contribution in [1.29, 1.82) is 0 Å². The number of nitrogens with one attached hydrogen (secondary N) is 1. The largest absolute Gasteiger partial charge is 0.358 e. The molecule has 10 heteroatoms. The van der Waals surface area contributed by atoms with Gasteiger partial charge in [0.15, 0.2) is 5.82 Å². The molecule has 22 heavy (non-hydrogen) atoms. The van der Waals surface area contributed by atoms with E-state index in [-0.39, 0.29) is 17.1 Å². The maximum absolute atomic E-state index is 11.9. The number of hydrogen-bond donors (Lipinski definition) is 1. The van der Waals surface area contributed by atoms with Gasteiger partial charge in [0.25, 0.3) is 15.7 Å². The zero-order valence-electron chi connectivity index (χ0n) is 11.2. The van der Waals surface area contributed by atoms with Gasteiger partial charge in [-0.3, -0.25) is 14.8 Å². The number of nitro benzene ring substituents is 1. The Morgan fingerprint density at radius 2 is 2.09 bits per heavy atom. The standard InChI is InChI=1S/C12H10BrN3O5S/c1-8-11(13)12(14-21-8)15-22(19,20)7-6-9-4-2-3-5-10(9)16(17)18/h2-7H,1H3,(H,14,15). The number of hydrogen-bond acceptors (Lipinski definition) is 6. The molecular weight excluding hydrogens is 378 g/mol. The topological polar surface area (TPSA) is 115 Å². The van der Waals surface area contributed by atoms with Crippen LogP contribution in [0.4, 0.5) is 11.5 Å². The van der Waals surface area contributed by atoms with E-state index in [2.05, 4.69) is 25.8 Å². The normalized spacial score (nSPS) is 11.7. The van der Waals surface area contributed by atoms with Crippen molar-refractivity contribution in [2.24, 2.45) is 0 Å². The number of sulfonamides is 1. The molecule has 0 unspecified atom stereocenters. The van der Waals surface area contributed by atoms with Gasteiger partial charge in [-0.15, -0.1) is 0 Å². The Labute approximate surface area is 134 Å². The Morgan fingerprint density at radius 1 is 1.41 bits per heavy atom. The number of aryl methyl sites for hydroxylation is 1. The fourth-order valence-corrected chi connectivity index (χ4v) is 2.73. The van der Waals surface area contributed by atoms with Gasteiger partial charge >= 0.3 is 0 Å². The molecule has 1 N–H and O–H groups in total. The highest BCUT2D eigenvalue weighted by Gasteiger charge is 2.16. The van der Waals surface area contributed by atoms with Gasteiger partial charge in [-0.2, -0.15) is 0 Å². The van der Waals surface area contributed by atoms with Gasteiger partial charge in [0, 0.05) is 6.07 Å². The first-order valence-electron chi connectivity index (χ1n) is 5.86. The third kappa shape index (κ3) is 3.71. The summed E-state index contributed by atoms with van der Waals surface area (Å²) in [6.07, 6.45) is 1.14. The van der Waals surface area contributed by atoms with E-state index in [1.54, 1.807) is 13.0 Å². The first-order chi connectivity index (χ1) is 10.3. The fourth-order valence-electron chi connectivity index (χ4n) is 1.55. The van der Waals surface area contributed by atoms with E-state index in [0.29, 0.717) is 10.2 Å². The third-order valence-electron chi connectivity index (χ3n) is 2.59. The van der Waals surface area contributed by atoms with Crippen molar-refractivity contribution in [3.05, 3.63) is 55.6 Å². The lowest BCUT2D eigenvalue weighted by atomic mass is 10.2. The molecule has 1 aromatic carbocycles. The van der Waals surface area contributed by atoms with Crippen LogP contribution in [0.3, 0.4) is 0 Å². The van der Waals surface area contributed by atoms with E-state index >= 15 is 0 Å². The lowest BCUT2D eigenvalue weighted by Gasteiger charge is -2.00. The molecule has 116 valence electrons. The summed E-state index contributed by atoms with van der Waals surface area (Å²) in [5.74, 6) is 0.421. The van der Waals surface area contributed by atoms with Crippen molar-refractivity contribution in [1.82, 2.24) is 5.16 Å². The number of anilines is 1. The summed E-state index contributed by atoms with van der Waals surface area (Å²) in [6, 6.07) is 5.80. The first kappa shape index (κ1) is 16.2. The van der Waals surface area contributed by atoms with Crippen LogP contribution in [-0.2, 0) is 10.0 Å². The van der Waals surface area contributed by atoms with E-state index in [4.69, 9.17) is 4.52 Å². The summed E-state index contributed by atoms with van der Waals surface area (Å²) < 4.78 is 31.3. The number of halogens is 1. The summed E-state index contributed by atoms with van der Waals surface area (Å²) in [6.45, 7) is 1.61. The highest BCUT2D eigenvalue weighted by molar-refractivity contribution is 9.10. The average Bonchev–Trinajstić information content (AvgIpc) is 2.77. The minimum Gasteiger partial charge on any atom is -0.358 e. The molecule has 0 amide bonds. The molecule has 2 aromatic rings. The van der Waals surface area contributed by atoms with Crippen LogP contribution in [0.1, 0.15) is 11.3 Å². The monoisotopic (exact) mass is 387 g/mol. The summed E-state index contributed by atoms with van der Waals surface area (Å²) >= 11 is 3.13. The first-order valence-corrected chi connectivity index (χ1v) is 8.20. The van der Waals surface area contributed by atoms with Gasteiger partial charge in [-0.05, 0) is 35.0 Å². The van der Waals surface area contributed by atoms with Crippen LogP contribution in [0.25, 0.3) is 6.08 Å². The van der Waals surface area contributed by atoms with E-state index in [0.717, 1.165) is 11.5 Å². The minimum atomic E-state index is -3.89. The van der Waals surface area contributed by atoms with E-state index < -0.39 is 14.9 Å². The van der Waals surface area contributed by atoms with E-state index in [1.807, 2.05) is 0 Å². The molecule has 0 aliphatic rings. The van der Waals surface area contributed by atoms with Crippen molar-refractivity contribution < 1.29 is 17.9 Å². The highest BCUT2D eigenvalue weighted by atomic mass is 79.9. The molecule has 0 aliphatic carbocycles. The Kier molecular flexibility index (Phi) is 4.62. The molecule has 0 saturated heterocycles. The van der Waals surface area contributed by atoms with Crippen molar-refractivity contribution >= 4 is 43.5 Å². The van der Waals surface area contributed by atoms with Crippen molar-refractivity contribution in [3.63, 3.8) is 0 Å². The van der Waals surface area contributed by atoms with Gasteiger partial charge in [0.1, 0.15) is 10.2 Å². The van der Waals surface area contributed by atoms with Gasteiger partial charge in [0.05, 0.1) is 15.9 Å². The quantitative estimate of drug-likeness (QED) is 0.622. The summed E-state index contributed by atoms with van der Waals surface area (Å²) in [5, 5.41) is 15.2. The fraction of sp³-hybridized carbons (Fsp3) is 0.0833. The number of rotatable bonds is 5. The Hall–Kier alpha value is -2.20. The Balaban J connectivity index is 2.26. The molecule has 0 fully saturated rings. The third-order valence-corrected chi connectivity index (χ3v) is 4.50. The van der Waals surface area contributed by atoms with E-state index in [1.165, 1.54) is 18.2 Å². The number of nitro groups is 1. The molecule has 0 saturated carbocycles. The SMILES string of the molecule is Cc1onc(NS(=O)(=O)C=Cc2ccccc2[N+](=O)[O-])c1Br. The summed E-state index contributed by atoms with van der Waals surface area (Å²) in [5.41, 5.74) is -0.0133. The number of benzene rings is 1. The van der Waals surface area contributed by atoms with E-state index in [9.17, 15) is 18.5 Å². The molecule has 0 aliphatic heterocycles. The lowest BCUT2D eigenvalue weighted by Crippen LogP contribution is -2.09.